The largest absolute Gasteiger partial charge is 0.489 e. The number of carbonyl (C=O) groups is 1. The molecule has 0 fully saturated rings. The number of carbonyl (C=O) groups excluding carboxylic acids is 1. The third-order valence-electron chi connectivity index (χ3n) is 8.02. The number of amides is 1. The molecule has 2 aromatic carbocycles. The molecule has 2 heterocycles. The van der Waals surface area contributed by atoms with E-state index in [0.717, 1.165) is 23.0 Å². The van der Waals surface area contributed by atoms with Gasteiger partial charge in [-0.1, -0.05) is 19.9 Å². The second kappa shape index (κ2) is 13.2. The minimum Gasteiger partial charge on any atom is -0.489 e. The third kappa shape index (κ3) is 7.58. The number of hydrogen-bond donors (Lipinski definition) is 1. The maximum Gasteiger partial charge on any atom is 0.410 e. The van der Waals surface area contributed by atoms with Crippen LogP contribution in [0.3, 0.4) is 0 Å². The first-order chi connectivity index (χ1) is 21.4. The van der Waals surface area contributed by atoms with E-state index in [4.69, 9.17) is 9.47 Å². The van der Waals surface area contributed by atoms with Gasteiger partial charge in [0.15, 0.2) is 11.6 Å². The van der Waals surface area contributed by atoms with Crippen molar-refractivity contribution in [1.82, 2.24) is 19.2 Å². The van der Waals surface area contributed by atoms with E-state index in [1.807, 2.05) is 27.8 Å². The van der Waals surface area contributed by atoms with Crippen molar-refractivity contribution in [2.75, 3.05) is 20.3 Å². The average molecular weight is 639 g/mol. The van der Waals surface area contributed by atoms with Gasteiger partial charge in [0.05, 0.1) is 17.8 Å². The number of hydrogen-bond acceptors (Lipinski definition) is 6. The van der Waals surface area contributed by atoms with E-state index in [-0.39, 0.29) is 36.5 Å². The molecule has 46 heavy (non-hydrogen) atoms. The Morgan fingerprint density at radius 3 is 2.41 bits per heavy atom. The molecule has 0 unspecified atom stereocenters. The highest BCUT2D eigenvalue weighted by Crippen LogP contribution is 2.36. The Kier molecular flexibility index (Phi) is 9.96. The van der Waals surface area contributed by atoms with Crippen LogP contribution in [0.5, 0.6) is 5.75 Å². The number of ether oxygens (including phenoxy) is 2. The van der Waals surface area contributed by atoms with Crippen LogP contribution in [0.15, 0.2) is 41.2 Å². The van der Waals surface area contributed by atoms with Gasteiger partial charge >= 0.3 is 6.09 Å². The highest BCUT2D eigenvalue weighted by molar-refractivity contribution is 5.89. The quantitative estimate of drug-likeness (QED) is 0.226. The molecule has 0 radical (unpaired) electrons. The molecule has 11 heteroatoms. The number of halogens is 2. The zero-order valence-electron chi connectivity index (χ0n) is 28.1. The first kappa shape index (κ1) is 34.6. The van der Waals surface area contributed by atoms with Crippen molar-refractivity contribution in [2.45, 2.75) is 66.5 Å². The van der Waals surface area contributed by atoms with E-state index in [2.05, 4.69) is 5.10 Å². The minimum atomic E-state index is -1.10. The molecule has 9 nitrogen and oxygen atoms in total. The number of nitrogens with zero attached hydrogens (tertiary/aromatic N) is 4. The first-order valence-corrected chi connectivity index (χ1v) is 15.2. The molecule has 0 saturated heterocycles. The van der Waals surface area contributed by atoms with E-state index in [1.165, 1.54) is 21.6 Å². The summed E-state index contributed by atoms with van der Waals surface area (Å²) in [6.45, 7) is 11.3. The molecule has 0 spiro atoms. The Labute approximate surface area is 268 Å². The van der Waals surface area contributed by atoms with Crippen molar-refractivity contribution in [3.05, 3.63) is 80.9 Å². The standard InChI is InChI=1S/C35H44F2N4O5/c1-21-24(28(38-41(21)9)18-35(5,6)20-42)14-15-45-32-25(11-12-27(36)31(32)37)22-10-13-29-26(16-22)23(17-30(43)40(29)8)19-39(7)33(44)46-34(2,3)4/h10-13,16-17,42H,14-15,18-20H2,1-9H3. The van der Waals surface area contributed by atoms with Crippen molar-refractivity contribution < 1.29 is 28.2 Å². The fraction of sp³-hybridized carbons (Fsp3) is 0.457. The lowest BCUT2D eigenvalue weighted by molar-refractivity contribution is 0.0285. The van der Waals surface area contributed by atoms with Gasteiger partial charge in [0.25, 0.3) is 5.56 Å². The number of rotatable bonds is 10. The SMILES string of the molecule is Cc1c(CCOc2c(-c3ccc4c(c3)c(CN(C)C(=O)OC(C)(C)C)cc(=O)n4C)ccc(F)c2F)c(CC(C)(C)CO)nn1C. The summed E-state index contributed by atoms with van der Waals surface area (Å²) in [5, 5.41) is 15.1. The summed E-state index contributed by atoms with van der Waals surface area (Å²) >= 11 is 0. The van der Waals surface area contributed by atoms with Crippen LogP contribution >= 0.6 is 0 Å². The molecule has 0 aliphatic rings. The maximum atomic E-state index is 15.4. The van der Waals surface area contributed by atoms with Crippen LogP contribution in [0, 0.1) is 24.0 Å². The summed E-state index contributed by atoms with van der Waals surface area (Å²) in [6, 6.07) is 9.23. The van der Waals surface area contributed by atoms with Crippen LogP contribution in [-0.4, -0.2) is 56.3 Å². The number of benzene rings is 2. The van der Waals surface area contributed by atoms with Crippen LogP contribution in [0.1, 0.15) is 57.1 Å². The zero-order chi connectivity index (χ0) is 34.1. The summed E-state index contributed by atoms with van der Waals surface area (Å²) in [5.74, 6) is -2.37. The molecule has 0 aliphatic carbocycles. The normalized spacial score (nSPS) is 12.1. The van der Waals surface area contributed by atoms with Gasteiger partial charge in [0, 0.05) is 63.4 Å². The third-order valence-corrected chi connectivity index (χ3v) is 8.02. The van der Waals surface area contributed by atoms with Crippen molar-refractivity contribution in [3.63, 3.8) is 0 Å². The second-order valence-electron chi connectivity index (χ2n) is 13.6. The maximum absolute atomic E-state index is 15.4. The van der Waals surface area contributed by atoms with Crippen LogP contribution < -0.4 is 10.3 Å². The molecule has 0 saturated carbocycles. The number of aliphatic hydroxyl groups is 1. The molecule has 4 rings (SSSR count). The topological polar surface area (TPSA) is 98.8 Å². The van der Waals surface area contributed by atoms with Gasteiger partial charge < -0.3 is 24.0 Å². The van der Waals surface area contributed by atoms with Gasteiger partial charge in [0.2, 0.25) is 5.82 Å². The molecule has 0 bridgehead atoms. The number of aliphatic hydroxyl groups excluding tert-OH is 1. The molecular formula is C35H44F2N4O5. The van der Waals surface area contributed by atoms with Crippen LogP contribution in [0.4, 0.5) is 13.6 Å². The van der Waals surface area contributed by atoms with Crippen LogP contribution in [-0.2, 0) is 38.2 Å². The monoisotopic (exact) mass is 638 g/mol. The molecule has 0 atom stereocenters. The second-order valence-corrected chi connectivity index (χ2v) is 13.6. The van der Waals surface area contributed by atoms with Gasteiger partial charge in [0.1, 0.15) is 5.60 Å². The van der Waals surface area contributed by atoms with E-state index in [0.29, 0.717) is 40.4 Å². The van der Waals surface area contributed by atoms with Gasteiger partial charge in [-0.15, -0.1) is 0 Å². The lowest BCUT2D eigenvalue weighted by Gasteiger charge is -2.25. The molecular weight excluding hydrogens is 594 g/mol. The minimum absolute atomic E-state index is 0.00461. The Hall–Kier alpha value is -4.25. The predicted molar refractivity (Wildman–Crippen MR) is 174 cm³/mol. The van der Waals surface area contributed by atoms with Crippen LogP contribution in [0.2, 0.25) is 0 Å². The highest BCUT2D eigenvalue weighted by atomic mass is 19.2. The van der Waals surface area contributed by atoms with Gasteiger partial charge in [-0.05, 0) is 80.5 Å². The lowest BCUT2D eigenvalue weighted by atomic mass is 9.87. The summed E-state index contributed by atoms with van der Waals surface area (Å²) in [5.41, 5.74) is 3.44. The number of pyridine rings is 1. The van der Waals surface area contributed by atoms with Crippen molar-refractivity contribution in [3.8, 4) is 16.9 Å². The van der Waals surface area contributed by atoms with Gasteiger partial charge in [-0.25, -0.2) is 9.18 Å². The molecule has 4 aromatic rings. The predicted octanol–water partition coefficient (Wildman–Crippen LogP) is 6.08. The number of fused-ring (bicyclic) bond motifs is 1. The Morgan fingerprint density at radius 1 is 1.07 bits per heavy atom. The molecule has 1 N–H and O–H groups in total. The molecule has 2 aromatic heterocycles. The van der Waals surface area contributed by atoms with E-state index in [1.54, 1.807) is 57.7 Å². The smallest absolute Gasteiger partial charge is 0.410 e. The Balaban J connectivity index is 1.70. The summed E-state index contributed by atoms with van der Waals surface area (Å²) in [4.78, 5) is 26.9. The average Bonchev–Trinajstić information content (AvgIpc) is 3.23. The summed E-state index contributed by atoms with van der Waals surface area (Å²) in [6.07, 6.45) is 0.401. The Morgan fingerprint density at radius 2 is 1.76 bits per heavy atom. The first-order valence-electron chi connectivity index (χ1n) is 15.2. The summed E-state index contributed by atoms with van der Waals surface area (Å²) in [7, 11) is 5.07. The van der Waals surface area contributed by atoms with Crippen molar-refractivity contribution >= 4 is 17.0 Å². The van der Waals surface area contributed by atoms with E-state index >= 15 is 4.39 Å². The fourth-order valence-corrected chi connectivity index (χ4v) is 5.34. The lowest BCUT2D eigenvalue weighted by Crippen LogP contribution is -2.34. The summed E-state index contributed by atoms with van der Waals surface area (Å²) < 4.78 is 44.6. The van der Waals surface area contributed by atoms with Gasteiger partial charge in [-0.3, -0.25) is 9.48 Å². The van der Waals surface area contributed by atoms with Gasteiger partial charge in [-0.2, -0.15) is 9.49 Å². The highest BCUT2D eigenvalue weighted by Gasteiger charge is 2.25. The number of aryl methyl sites for hydroxylation is 2. The molecule has 248 valence electrons. The zero-order valence-corrected chi connectivity index (χ0v) is 28.1. The van der Waals surface area contributed by atoms with Crippen molar-refractivity contribution in [2.24, 2.45) is 19.5 Å². The fourth-order valence-electron chi connectivity index (χ4n) is 5.34. The van der Waals surface area contributed by atoms with Crippen LogP contribution in [0.25, 0.3) is 22.0 Å². The Bertz CT molecular complexity index is 1820. The van der Waals surface area contributed by atoms with E-state index < -0.39 is 23.3 Å². The van der Waals surface area contributed by atoms with Crippen molar-refractivity contribution in [1.29, 1.82) is 0 Å². The van der Waals surface area contributed by atoms with E-state index in [9.17, 15) is 19.1 Å². The molecule has 0 aliphatic heterocycles. The number of aromatic nitrogens is 3. The molecule has 1 amide bonds.